The molecule has 3 aromatic rings. The molecule has 2 nitrogen and oxygen atoms in total. The molecule has 0 aliphatic rings. The molecular weight excluding hydrogens is 372 g/mol. The second kappa shape index (κ2) is 9.38. The maximum absolute atomic E-state index is 6.46. The molecule has 142 valence electrons. The van der Waals surface area contributed by atoms with Gasteiger partial charge in [0.25, 0.3) is 0 Å². The Kier molecular flexibility index (Phi) is 6.92. The van der Waals surface area contributed by atoms with E-state index in [0.29, 0.717) is 0 Å². The molecule has 0 aliphatic heterocycles. The zero-order valence-electron chi connectivity index (χ0n) is 16.3. The number of aromatic nitrogens is 2. The van der Waals surface area contributed by atoms with Gasteiger partial charge >= 0.3 is 0 Å². The van der Waals surface area contributed by atoms with Crippen molar-refractivity contribution in [1.82, 2.24) is 9.55 Å². The van der Waals surface area contributed by atoms with Crippen molar-refractivity contribution in [3.8, 4) is 0 Å². The highest BCUT2D eigenvalue weighted by Gasteiger charge is 2.16. The Balaban J connectivity index is 2.08. The van der Waals surface area contributed by atoms with Gasteiger partial charge in [-0.3, -0.25) is 0 Å². The number of allylic oxidation sites excluding steroid dienone is 2. The normalized spacial score (nSPS) is 12.3. The van der Waals surface area contributed by atoms with E-state index >= 15 is 0 Å². The van der Waals surface area contributed by atoms with Crippen molar-refractivity contribution in [1.29, 1.82) is 0 Å². The summed E-state index contributed by atoms with van der Waals surface area (Å²) in [6, 6.07) is 12.4. The van der Waals surface area contributed by atoms with E-state index in [-0.39, 0.29) is 0 Å². The first-order valence-electron chi connectivity index (χ1n) is 9.67. The summed E-state index contributed by atoms with van der Waals surface area (Å²) in [5, 5.41) is 2.95. The number of benzene rings is 1. The number of thiophene rings is 1. The Morgan fingerprint density at radius 2 is 1.96 bits per heavy atom. The fourth-order valence-electron chi connectivity index (χ4n) is 3.44. The molecule has 3 rings (SSSR count). The average molecular weight is 399 g/mol. The fraction of sp³-hybridized carbons (Fsp3) is 0.348. The van der Waals surface area contributed by atoms with E-state index in [1.807, 2.05) is 12.1 Å². The van der Waals surface area contributed by atoms with E-state index in [9.17, 15) is 0 Å². The number of hydrogen-bond donors (Lipinski definition) is 0. The predicted molar refractivity (Wildman–Crippen MR) is 118 cm³/mol. The zero-order chi connectivity index (χ0) is 19.2. The Morgan fingerprint density at radius 1 is 1.15 bits per heavy atom. The molecule has 0 aliphatic carbocycles. The van der Waals surface area contributed by atoms with Crippen molar-refractivity contribution in [3.05, 3.63) is 75.0 Å². The molecule has 0 amide bonds. The molecule has 0 saturated carbocycles. The Morgan fingerprint density at radius 3 is 2.63 bits per heavy atom. The van der Waals surface area contributed by atoms with E-state index in [0.717, 1.165) is 42.2 Å². The second-order valence-electron chi connectivity index (χ2n) is 6.78. The molecular formula is C23H27ClN2S. The molecule has 0 atom stereocenters. The summed E-state index contributed by atoms with van der Waals surface area (Å²) in [7, 11) is 0. The quantitative estimate of drug-likeness (QED) is 0.388. The van der Waals surface area contributed by atoms with Crippen molar-refractivity contribution in [2.75, 3.05) is 0 Å². The molecule has 2 aromatic heterocycles. The van der Waals surface area contributed by atoms with Gasteiger partial charge in [-0.1, -0.05) is 56.1 Å². The lowest BCUT2D eigenvalue weighted by Crippen LogP contribution is -2.09. The highest BCUT2D eigenvalue weighted by molar-refractivity contribution is 7.11. The summed E-state index contributed by atoms with van der Waals surface area (Å²) in [6.45, 7) is 7.43. The number of aryl methyl sites for hydroxylation is 1. The van der Waals surface area contributed by atoms with Gasteiger partial charge in [0.05, 0.1) is 18.4 Å². The lowest BCUT2D eigenvalue weighted by molar-refractivity contribution is 0.673. The molecule has 0 bridgehead atoms. The minimum absolute atomic E-state index is 0.759. The van der Waals surface area contributed by atoms with Gasteiger partial charge in [0.15, 0.2) is 0 Å². The first-order valence-corrected chi connectivity index (χ1v) is 10.9. The summed E-state index contributed by atoms with van der Waals surface area (Å²) < 4.78 is 2.37. The second-order valence-corrected chi connectivity index (χ2v) is 8.13. The van der Waals surface area contributed by atoms with Crippen LogP contribution in [0.25, 0.3) is 11.1 Å². The summed E-state index contributed by atoms with van der Waals surface area (Å²) >= 11 is 8.26. The molecule has 27 heavy (non-hydrogen) atoms. The van der Waals surface area contributed by atoms with Crippen LogP contribution in [0.3, 0.4) is 0 Å². The van der Waals surface area contributed by atoms with Gasteiger partial charge in [-0.05, 0) is 54.0 Å². The van der Waals surface area contributed by atoms with E-state index < -0.39 is 0 Å². The van der Waals surface area contributed by atoms with Gasteiger partial charge in [-0.2, -0.15) is 0 Å². The molecule has 4 heteroatoms. The topological polar surface area (TPSA) is 17.8 Å². The fourth-order valence-corrected chi connectivity index (χ4v) is 4.40. The monoisotopic (exact) mass is 398 g/mol. The molecule has 1 aromatic carbocycles. The van der Waals surface area contributed by atoms with Crippen LogP contribution in [0, 0.1) is 0 Å². The largest absolute Gasteiger partial charge is 0.324 e. The number of unbranched alkanes of at least 4 members (excludes halogenated alkanes) is 1. The standard InChI is InChI=1S/C23H27ClN2S/c1-4-6-13-23-25-15-21(19(5-2)17(3)22-12-9-14-27-22)26(23)16-18-10-7-8-11-20(18)24/h7-12,14-15H,4-6,13,16H2,1-3H3/b19-17+. The lowest BCUT2D eigenvalue weighted by Gasteiger charge is -2.16. The van der Waals surface area contributed by atoms with Crippen LogP contribution in [0.1, 0.15) is 62.0 Å². The van der Waals surface area contributed by atoms with Gasteiger partial charge in [-0.25, -0.2) is 4.98 Å². The van der Waals surface area contributed by atoms with E-state index in [2.05, 4.69) is 61.2 Å². The van der Waals surface area contributed by atoms with Crippen LogP contribution in [0.4, 0.5) is 0 Å². The molecule has 0 fully saturated rings. The van der Waals surface area contributed by atoms with Crippen LogP contribution in [-0.2, 0) is 13.0 Å². The predicted octanol–water partition coefficient (Wildman–Crippen LogP) is 7.33. The van der Waals surface area contributed by atoms with Gasteiger partial charge in [0, 0.05) is 16.3 Å². The molecule has 2 heterocycles. The van der Waals surface area contributed by atoms with Gasteiger partial charge < -0.3 is 4.57 Å². The summed E-state index contributed by atoms with van der Waals surface area (Å²) in [6.07, 6.45) is 6.34. The lowest BCUT2D eigenvalue weighted by atomic mass is 10.0. The number of imidazole rings is 1. The van der Waals surface area contributed by atoms with Gasteiger partial charge in [0.1, 0.15) is 5.82 Å². The van der Waals surface area contributed by atoms with Crippen molar-refractivity contribution >= 4 is 34.1 Å². The Hall–Kier alpha value is -1.84. The molecule has 0 spiro atoms. The van der Waals surface area contributed by atoms with Crippen LogP contribution < -0.4 is 0 Å². The van der Waals surface area contributed by atoms with Crippen molar-refractivity contribution in [3.63, 3.8) is 0 Å². The molecule has 0 saturated heterocycles. The highest BCUT2D eigenvalue weighted by Crippen LogP contribution is 2.32. The van der Waals surface area contributed by atoms with Crippen LogP contribution >= 0.6 is 22.9 Å². The van der Waals surface area contributed by atoms with Gasteiger partial charge in [-0.15, -0.1) is 11.3 Å². The van der Waals surface area contributed by atoms with Crippen LogP contribution in [0.5, 0.6) is 0 Å². The first-order chi connectivity index (χ1) is 13.2. The third-order valence-corrected chi connectivity index (χ3v) is 6.34. The average Bonchev–Trinajstić information content (AvgIpc) is 3.33. The molecule has 0 unspecified atom stereocenters. The third kappa shape index (κ3) is 4.53. The zero-order valence-corrected chi connectivity index (χ0v) is 17.9. The Labute approximate surface area is 171 Å². The van der Waals surface area contributed by atoms with Crippen molar-refractivity contribution in [2.24, 2.45) is 0 Å². The molecule has 0 radical (unpaired) electrons. The minimum Gasteiger partial charge on any atom is -0.324 e. The number of halogens is 1. The van der Waals surface area contributed by atoms with Crippen molar-refractivity contribution in [2.45, 2.75) is 53.0 Å². The van der Waals surface area contributed by atoms with Crippen LogP contribution in [0.2, 0.25) is 5.02 Å². The minimum atomic E-state index is 0.759. The first kappa shape index (κ1) is 19.9. The smallest absolute Gasteiger partial charge is 0.109 e. The Bertz CT molecular complexity index is 906. The number of hydrogen-bond acceptors (Lipinski definition) is 2. The van der Waals surface area contributed by atoms with Crippen LogP contribution in [-0.4, -0.2) is 9.55 Å². The third-order valence-electron chi connectivity index (χ3n) is 4.98. The summed E-state index contributed by atoms with van der Waals surface area (Å²) in [4.78, 5) is 6.13. The highest BCUT2D eigenvalue weighted by atomic mass is 35.5. The summed E-state index contributed by atoms with van der Waals surface area (Å²) in [5.41, 5.74) is 5.06. The van der Waals surface area contributed by atoms with Crippen molar-refractivity contribution < 1.29 is 0 Å². The maximum atomic E-state index is 6.46. The van der Waals surface area contributed by atoms with Crippen LogP contribution in [0.15, 0.2) is 48.0 Å². The SMILES string of the molecule is CCCCc1ncc(/C(CC)=C(\C)c2cccs2)n1Cc1ccccc1Cl. The summed E-state index contributed by atoms with van der Waals surface area (Å²) in [5.74, 6) is 1.15. The van der Waals surface area contributed by atoms with E-state index in [4.69, 9.17) is 16.6 Å². The number of rotatable bonds is 8. The van der Waals surface area contributed by atoms with Gasteiger partial charge in [0.2, 0.25) is 0 Å². The van der Waals surface area contributed by atoms with E-state index in [1.54, 1.807) is 11.3 Å². The maximum Gasteiger partial charge on any atom is 0.109 e. The molecule has 0 N–H and O–H groups in total. The van der Waals surface area contributed by atoms with E-state index in [1.165, 1.54) is 28.1 Å². The number of nitrogens with zero attached hydrogens (tertiary/aromatic N) is 2.